The Labute approximate surface area is 178 Å². The third-order valence-corrected chi connectivity index (χ3v) is 6.67. The van der Waals surface area contributed by atoms with Crippen molar-refractivity contribution in [2.24, 2.45) is 11.8 Å². The van der Waals surface area contributed by atoms with Gasteiger partial charge in [-0.25, -0.2) is 0 Å². The number of aromatic nitrogens is 1. The first kappa shape index (κ1) is 20.7. The van der Waals surface area contributed by atoms with Crippen molar-refractivity contribution < 1.29 is 9.53 Å². The first-order chi connectivity index (χ1) is 14.5. The van der Waals surface area contributed by atoms with E-state index >= 15 is 0 Å². The summed E-state index contributed by atoms with van der Waals surface area (Å²) in [4.78, 5) is 27.8. The number of fused-ring (bicyclic) bond motifs is 4. The van der Waals surface area contributed by atoms with E-state index in [1.807, 2.05) is 28.8 Å². The van der Waals surface area contributed by atoms with Crippen molar-refractivity contribution >= 4 is 5.91 Å². The van der Waals surface area contributed by atoms with Crippen LogP contribution in [0.25, 0.3) is 0 Å². The van der Waals surface area contributed by atoms with Gasteiger partial charge >= 0.3 is 0 Å². The minimum absolute atomic E-state index is 0.0535. The summed E-state index contributed by atoms with van der Waals surface area (Å²) in [6.45, 7) is 5.78. The fourth-order valence-electron chi connectivity index (χ4n) is 5.12. The molecule has 0 spiro atoms. The first-order valence-electron chi connectivity index (χ1n) is 11.1. The third-order valence-electron chi connectivity index (χ3n) is 6.67. The highest BCUT2D eigenvalue weighted by Gasteiger charge is 2.41. The number of carbonyl (C=O) groups is 1. The normalized spacial score (nSPS) is 22.7. The zero-order chi connectivity index (χ0) is 21.3. The fraction of sp³-hybridized carbons (Fsp3) is 0.520. The van der Waals surface area contributed by atoms with E-state index in [1.165, 1.54) is 0 Å². The highest BCUT2D eigenvalue weighted by Crippen LogP contribution is 2.42. The molecule has 1 amide bonds. The smallest absolute Gasteiger partial charge is 0.251 e. The number of ether oxygens (including phenoxy) is 1. The molecule has 0 radical (unpaired) electrons. The summed E-state index contributed by atoms with van der Waals surface area (Å²) in [5.41, 5.74) is 2.30. The number of likely N-dealkylation sites (tertiary alicyclic amines) is 1. The third kappa shape index (κ3) is 4.16. The Kier molecular flexibility index (Phi) is 5.98. The predicted octanol–water partition coefficient (Wildman–Crippen LogP) is 4.02. The van der Waals surface area contributed by atoms with E-state index in [0.29, 0.717) is 12.3 Å². The molecule has 1 aromatic heterocycles. The first-order valence-corrected chi connectivity index (χ1v) is 11.1. The second kappa shape index (κ2) is 8.66. The van der Waals surface area contributed by atoms with Gasteiger partial charge in [0, 0.05) is 43.2 Å². The second-order valence-corrected chi connectivity index (χ2v) is 9.21. The van der Waals surface area contributed by atoms with E-state index in [1.54, 1.807) is 13.2 Å². The number of carbonyl (C=O) groups excluding carboxylic acids is 1. The molecule has 5 heteroatoms. The van der Waals surface area contributed by atoms with Gasteiger partial charge in [0.15, 0.2) is 0 Å². The van der Waals surface area contributed by atoms with Crippen LogP contribution >= 0.6 is 0 Å². The lowest BCUT2D eigenvalue weighted by Gasteiger charge is -2.47. The average molecular weight is 409 g/mol. The number of methoxy groups -OCH3 is 1. The maximum Gasteiger partial charge on any atom is 0.251 e. The van der Waals surface area contributed by atoms with Crippen LogP contribution in [-0.4, -0.2) is 35.6 Å². The Balaban J connectivity index is 1.65. The molecule has 1 saturated heterocycles. The SMILES string of the molecule is COc1cccc(C[C@H]2[C@H]3C[C@H](CN(C(=O)CCC(C)C)C3)c3cccc(=O)n32)c1. The molecule has 2 aliphatic heterocycles. The van der Waals surface area contributed by atoms with Gasteiger partial charge in [-0.15, -0.1) is 0 Å². The van der Waals surface area contributed by atoms with Crippen LogP contribution in [-0.2, 0) is 11.2 Å². The average Bonchev–Trinajstić information content (AvgIpc) is 2.75. The lowest BCUT2D eigenvalue weighted by atomic mass is 9.76. The van der Waals surface area contributed by atoms with Crippen molar-refractivity contribution in [1.29, 1.82) is 0 Å². The molecular weight excluding hydrogens is 376 g/mol. The molecule has 0 aliphatic carbocycles. The van der Waals surface area contributed by atoms with E-state index in [0.717, 1.165) is 49.4 Å². The van der Waals surface area contributed by atoms with Crippen LogP contribution in [0, 0.1) is 11.8 Å². The van der Waals surface area contributed by atoms with Crippen LogP contribution in [0.5, 0.6) is 5.75 Å². The van der Waals surface area contributed by atoms with Crippen molar-refractivity contribution in [2.75, 3.05) is 20.2 Å². The van der Waals surface area contributed by atoms with E-state index in [9.17, 15) is 9.59 Å². The van der Waals surface area contributed by atoms with Crippen molar-refractivity contribution in [3.63, 3.8) is 0 Å². The summed E-state index contributed by atoms with van der Waals surface area (Å²) in [5, 5.41) is 0. The lowest BCUT2D eigenvalue weighted by Crippen LogP contribution is -2.51. The van der Waals surface area contributed by atoms with Crippen molar-refractivity contribution in [1.82, 2.24) is 9.47 Å². The minimum atomic E-state index is 0.0535. The van der Waals surface area contributed by atoms with Gasteiger partial charge in [-0.05, 0) is 54.9 Å². The van der Waals surface area contributed by atoms with Gasteiger partial charge in [-0.3, -0.25) is 9.59 Å². The Hall–Kier alpha value is -2.56. The largest absolute Gasteiger partial charge is 0.497 e. The highest BCUT2D eigenvalue weighted by molar-refractivity contribution is 5.76. The van der Waals surface area contributed by atoms with E-state index < -0.39 is 0 Å². The molecule has 0 saturated carbocycles. The van der Waals surface area contributed by atoms with Crippen LogP contribution < -0.4 is 10.3 Å². The number of rotatable bonds is 6. The van der Waals surface area contributed by atoms with Gasteiger partial charge in [0.1, 0.15) is 5.75 Å². The van der Waals surface area contributed by atoms with Gasteiger partial charge < -0.3 is 14.2 Å². The van der Waals surface area contributed by atoms with E-state index in [4.69, 9.17) is 4.74 Å². The molecular formula is C25H32N2O3. The Morgan fingerprint density at radius 1 is 1.17 bits per heavy atom. The number of nitrogens with zero attached hydrogens (tertiary/aromatic N) is 2. The Bertz CT molecular complexity index is 965. The maximum absolute atomic E-state index is 12.9. The quantitative estimate of drug-likeness (QED) is 0.725. The molecule has 4 rings (SSSR count). The topological polar surface area (TPSA) is 51.5 Å². The molecule has 3 atom stereocenters. The molecule has 160 valence electrons. The van der Waals surface area contributed by atoms with Crippen molar-refractivity contribution in [3.05, 3.63) is 64.1 Å². The molecule has 30 heavy (non-hydrogen) atoms. The monoisotopic (exact) mass is 408 g/mol. The molecule has 0 N–H and O–H groups in total. The Morgan fingerprint density at radius 3 is 2.73 bits per heavy atom. The zero-order valence-electron chi connectivity index (χ0n) is 18.2. The highest BCUT2D eigenvalue weighted by atomic mass is 16.5. The molecule has 2 aliphatic rings. The van der Waals surface area contributed by atoms with E-state index in [-0.39, 0.29) is 29.3 Å². The van der Waals surface area contributed by atoms with Crippen LogP contribution in [0.3, 0.4) is 0 Å². The molecule has 2 bridgehead atoms. The summed E-state index contributed by atoms with van der Waals surface area (Å²) in [6.07, 6.45) is 3.33. The standard InChI is InChI=1S/C25H32N2O3/c1-17(2)10-11-24(28)26-15-19-14-20(16-26)23(27-22(19)8-5-9-25(27)29)13-18-6-4-7-21(12-18)30-3/h4-9,12,17,19-20,23H,10-11,13-16H2,1-3H3/t19-,20+,23+/m1/s1. The number of amides is 1. The predicted molar refractivity (Wildman–Crippen MR) is 118 cm³/mol. The molecule has 2 aromatic rings. The minimum Gasteiger partial charge on any atom is -0.497 e. The summed E-state index contributed by atoms with van der Waals surface area (Å²) in [7, 11) is 1.67. The summed E-state index contributed by atoms with van der Waals surface area (Å²) >= 11 is 0. The van der Waals surface area contributed by atoms with Crippen molar-refractivity contribution in [3.8, 4) is 5.75 Å². The number of hydrogen-bond donors (Lipinski definition) is 0. The molecule has 1 fully saturated rings. The fourth-order valence-corrected chi connectivity index (χ4v) is 5.12. The van der Waals surface area contributed by atoms with Gasteiger partial charge in [0.25, 0.3) is 5.56 Å². The van der Waals surface area contributed by atoms with Crippen LogP contribution in [0.1, 0.15) is 56.3 Å². The number of piperidine rings is 1. The van der Waals surface area contributed by atoms with Crippen LogP contribution in [0.2, 0.25) is 0 Å². The molecule has 1 aromatic carbocycles. The second-order valence-electron chi connectivity index (χ2n) is 9.21. The van der Waals surface area contributed by atoms with Gasteiger partial charge in [0.05, 0.1) is 7.11 Å². The number of benzene rings is 1. The summed E-state index contributed by atoms with van der Waals surface area (Å²) in [5.74, 6) is 2.13. The molecule has 0 unspecified atom stereocenters. The summed E-state index contributed by atoms with van der Waals surface area (Å²) in [6, 6.07) is 13.7. The lowest BCUT2D eigenvalue weighted by molar-refractivity contribution is -0.134. The summed E-state index contributed by atoms with van der Waals surface area (Å²) < 4.78 is 7.40. The van der Waals surface area contributed by atoms with Gasteiger partial charge in [-0.1, -0.05) is 32.0 Å². The van der Waals surface area contributed by atoms with E-state index in [2.05, 4.69) is 30.9 Å². The van der Waals surface area contributed by atoms with Crippen LogP contribution in [0.4, 0.5) is 0 Å². The number of hydrogen-bond acceptors (Lipinski definition) is 3. The van der Waals surface area contributed by atoms with Crippen molar-refractivity contribution in [2.45, 2.75) is 51.5 Å². The van der Waals surface area contributed by atoms with Gasteiger partial charge in [0.2, 0.25) is 5.91 Å². The van der Waals surface area contributed by atoms with Gasteiger partial charge in [-0.2, -0.15) is 0 Å². The number of pyridine rings is 1. The molecule has 3 heterocycles. The zero-order valence-corrected chi connectivity index (χ0v) is 18.2. The maximum atomic E-state index is 12.9. The van der Waals surface area contributed by atoms with Crippen LogP contribution in [0.15, 0.2) is 47.3 Å². The Morgan fingerprint density at radius 2 is 1.97 bits per heavy atom. The molecule has 5 nitrogen and oxygen atoms in total.